The molecule has 0 saturated heterocycles. The summed E-state index contributed by atoms with van der Waals surface area (Å²) in [6.07, 6.45) is 1.93. The fraction of sp³-hybridized carbons (Fsp3) is 0.296. The third-order valence-electron chi connectivity index (χ3n) is 5.43. The number of allylic oxidation sites excluding steroid dienone is 1. The lowest BCUT2D eigenvalue weighted by Crippen LogP contribution is -2.45. The Morgan fingerprint density at radius 2 is 1.97 bits per heavy atom. The maximum absolute atomic E-state index is 12.4. The highest BCUT2D eigenvalue weighted by atomic mass is 35.5. The van der Waals surface area contributed by atoms with Crippen molar-refractivity contribution in [3.05, 3.63) is 76.5 Å². The molecule has 11 nitrogen and oxygen atoms in total. The summed E-state index contributed by atoms with van der Waals surface area (Å²) in [7, 11) is 1.27. The summed E-state index contributed by atoms with van der Waals surface area (Å²) in [5.41, 5.74) is 4.43. The molecule has 0 radical (unpaired) electrons. The Bertz CT molecular complexity index is 1260. The standard InChI is InChI=1S/C27H31ClN4O7/c1-5-11-38-20-10-8-19(28)12-18(20)14-29-32-23(33)15-39-21-9-7-17(13-22(21)37-6-2)25-24(26(34)36-4)16(3)30-27(35)31-25/h5,7-10,12-14,23,25,32-33H,1,6,11,15H2,2-4H3,(H2,30,31,35)/b29-14+/t23-,25+/m1/s1. The number of aliphatic hydroxyl groups is 1. The fourth-order valence-electron chi connectivity index (χ4n) is 3.72. The second-order valence-corrected chi connectivity index (χ2v) is 8.63. The van der Waals surface area contributed by atoms with E-state index in [4.69, 9.17) is 30.5 Å². The average molecular weight is 559 g/mol. The monoisotopic (exact) mass is 558 g/mol. The molecule has 2 amide bonds. The maximum atomic E-state index is 12.4. The number of halogens is 1. The van der Waals surface area contributed by atoms with Crippen LogP contribution in [0.2, 0.25) is 5.02 Å². The number of rotatable bonds is 13. The predicted molar refractivity (Wildman–Crippen MR) is 146 cm³/mol. The Labute approximate surface area is 231 Å². The van der Waals surface area contributed by atoms with Crippen molar-refractivity contribution >= 4 is 29.8 Å². The Balaban J connectivity index is 1.70. The van der Waals surface area contributed by atoms with Crippen LogP contribution in [0.3, 0.4) is 0 Å². The lowest BCUT2D eigenvalue weighted by molar-refractivity contribution is -0.136. The first kappa shape index (κ1) is 29.3. The number of urea groups is 1. The number of aliphatic hydroxyl groups excluding tert-OH is 1. The molecule has 208 valence electrons. The van der Waals surface area contributed by atoms with Gasteiger partial charge in [0.2, 0.25) is 0 Å². The van der Waals surface area contributed by atoms with Gasteiger partial charge in [0.15, 0.2) is 17.7 Å². The Kier molecular flexibility index (Phi) is 10.6. The van der Waals surface area contributed by atoms with Crippen molar-refractivity contribution in [1.82, 2.24) is 16.1 Å². The van der Waals surface area contributed by atoms with Crippen molar-refractivity contribution in [2.24, 2.45) is 5.10 Å². The molecule has 0 spiro atoms. The summed E-state index contributed by atoms with van der Waals surface area (Å²) in [5, 5.41) is 20.2. The molecule has 0 bridgehead atoms. The van der Waals surface area contributed by atoms with Crippen molar-refractivity contribution in [2.45, 2.75) is 26.1 Å². The minimum atomic E-state index is -1.16. The Hall–Kier alpha value is -4.22. The molecule has 39 heavy (non-hydrogen) atoms. The number of nitrogens with one attached hydrogen (secondary N) is 3. The summed E-state index contributed by atoms with van der Waals surface area (Å²) in [4.78, 5) is 24.5. The third kappa shape index (κ3) is 7.88. The lowest BCUT2D eigenvalue weighted by Gasteiger charge is -2.28. The van der Waals surface area contributed by atoms with Gasteiger partial charge < -0.3 is 34.7 Å². The van der Waals surface area contributed by atoms with Crippen molar-refractivity contribution in [3.63, 3.8) is 0 Å². The summed E-state index contributed by atoms with van der Waals surface area (Å²) >= 11 is 6.07. The van der Waals surface area contributed by atoms with Crippen LogP contribution in [0.5, 0.6) is 17.2 Å². The lowest BCUT2D eigenvalue weighted by atomic mass is 9.95. The molecule has 2 aromatic carbocycles. The molecular weight excluding hydrogens is 528 g/mol. The number of carbonyl (C=O) groups is 2. The highest BCUT2D eigenvalue weighted by Gasteiger charge is 2.32. The van der Waals surface area contributed by atoms with Crippen LogP contribution in [0, 0.1) is 0 Å². The van der Waals surface area contributed by atoms with E-state index < -0.39 is 24.3 Å². The fourth-order valence-corrected chi connectivity index (χ4v) is 3.90. The summed E-state index contributed by atoms with van der Waals surface area (Å²) in [6.45, 7) is 7.54. The molecule has 3 rings (SSSR count). The molecule has 1 aliphatic heterocycles. The minimum Gasteiger partial charge on any atom is -0.490 e. The molecule has 2 aromatic rings. The van der Waals surface area contributed by atoms with Gasteiger partial charge in [-0.3, -0.25) is 5.43 Å². The number of nitrogens with zero attached hydrogens (tertiary/aromatic N) is 1. The van der Waals surface area contributed by atoms with E-state index in [0.29, 0.717) is 52.3 Å². The van der Waals surface area contributed by atoms with Gasteiger partial charge >= 0.3 is 12.0 Å². The predicted octanol–water partition coefficient (Wildman–Crippen LogP) is 3.43. The summed E-state index contributed by atoms with van der Waals surface area (Å²) in [5.74, 6) is 0.696. The van der Waals surface area contributed by atoms with Crippen LogP contribution >= 0.6 is 11.6 Å². The number of methoxy groups -OCH3 is 1. The molecule has 2 atom stereocenters. The number of hydrogen-bond acceptors (Lipinski definition) is 9. The molecule has 0 fully saturated rings. The second kappa shape index (κ2) is 14.1. The quantitative estimate of drug-likeness (QED) is 0.0964. The van der Waals surface area contributed by atoms with E-state index in [1.165, 1.54) is 13.3 Å². The maximum Gasteiger partial charge on any atom is 0.337 e. The van der Waals surface area contributed by atoms with E-state index in [2.05, 4.69) is 27.7 Å². The first-order chi connectivity index (χ1) is 18.8. The molecule has 0 saturated carbocycles. The number of esters is 1. The first-order valence-electron chi connectivity index (χ1n) is 12.0. The van der Waals surface area contributed by atoms with Crippen molar-refractivity contribution in [3.8, 4) is 17.2 Å². The van der Waals surface area contributed by atoms with Gasteiger partial charge in [-0.15, -0.1) is 0 Å². The van der Waals surface area contributed by atoms with Crippen LogP contribution in [0.4, 0.5) is 4.79 Å². The Morgan fingerprint density at radius 1 is 1.21 bits per heavy atom. The van der Waals surface area contributed by atoms with Crippen LogP contribution in [0.15, 0.2) is 65.4 Å². The SMILES string of the molecule is C=CCOc1ccc(Cl)cc1/C=N/N[C@H](O)COc1ccc([C@@H]2NC(=O)NC(C)=C2C(=O)OC)cc1OCC. The normalized spacial score (nSPS) is 15.7. The van der Waals surface area contributed by atoms with Gasteiger partial charge in [0, 0.05) is 16.3 Å². The van der Waals surface area contributed by atoms with Crippen molar-refractivity contribution in [1.29, 1.82) is 0 Å². The molecule has 1 heterocycles. The molecule has 0 aromatic heterocycles. The van der Waals surface area contributed by atoms with Gasteiger partial charge in [-0.1, -0.05) is 30.3 Å². The molecule has 0 unspecified atom stereocenters. The van der Waals surface area contributed by atoms with Gasteiger partial charge in [0.25, 0.3) is 0 Å². The van der Waals surface area contributed by atoms with Gasteiger partial charge in [0.05, 0.1) is 31.5 Å². The van der Waals surface area contributed by atoms with Crippen LogP contribution in [-0.2, 0) is 9.53 Å². The molecular formula is C27H31ClN4O7. The van der Waals surface area contributed by atoms with Crippen LogP contribution in [0.25, 0.3) is 0 Å². The van der Waals surface area contributed by atoms with Gasteiger partial charge in [0.1, 0.15) is 19.0 Å². The number of hydrazone groups is 1. The number of ether oxygens (including phenoxy) is 4. The molecule has 0 aliphatic carbocycles. The van der Waals surface area contributed by atoms with Gasteiger partial charge in [-0.25, -0.2) is 9.59 Å². The second-order valence-electron chi connectivity index (χ2n) is 8.20. The van der Waals surface area contributed by atoms with Crippen LogP contribution < -0.4 is 30.3 Å². The largest absolute Gasteiger partial charge is 0.490 e. The van der Waals surface area contributed by atoms with E-state index >= 15 is 0 Å². The topological polar surface area (TPSA) is 140 Å². The Morgan fingerprint density at radius 3 is 2.69 bits per heavy atom. The van der Waals surface area contributed by atoms with E-state index in [1.54, 1.807) is 56.3 Å². The third-order valence-corrected chi connectivity index (χ3v) is 5.66. The van der Waals surface area contributed by atoms with Crippen LogP contribution in [-0.4, -0.2) is 56.5 Å². The van der Waals surface area contributed by atoms with E-state index in [9.17, 15) is 14.7 Å². The average Bonchev–Trinajstić information content (AvgIpc) is 2.91. The highest BCUT2D eigenvalue weighted by Crippen LogP contribution is 2.35. The van der Waals surface area contributed by atoms with E-state index in [-0.39, 0.29) is 12.2 Å². The minimum absolute atomic E-state index is 0.164. The number of benzene rings is 2. The van der Waals surface area contributed by atoms with Gasteiger partial charge in [-0.05, 0) is 49.7 Å². The smallest absolute Gasteiger partial charge is 0.337 e. The molecule has 4 N–H and O–H groups in total. The zero-order valence-electron chi connectivity index (χ0n) is 21.8. The first-order valence-corrected chi connectivity index (χ1v) is 12.4. The van der Waals surface area contributed by atoms with Crippen molar-refractivity contribution in [2.75, 3.05) is 26.9 Å². The van der Waals surface area contributed by atoms with E-state index in [0.717, 1.165) is 0 Å². The van der Waals surface area contributed by atoms with E-state index in [1.807, 2.05) is 0 Å². The zero-order chi connectivity index (χ0) is 28.4. The van der Waals surface area contributed by atoms with Crippen LogP contribution in [0.1, 0.15) is 31.0 Å². The van der Waals surface area contributed by atoms with Crippen molar-refractivity contribution < 1.29 is 33.6 Å². The number of hydrogen-bond donors (Lipinski definition) is 4. The number of amides is 2. The highest BCUT2D eigenvalue weighted by molar-refractivity contribution is 6.30. The zero-order valence-corrected chi connectivity index (χ0v) is 22.6. The summed E-state index contributed by atoms with van der Waals surface area (Å²) in [6, 6.07) is 8.86. The van der Waals surface area contributed by atoms with Gasteiger partial charge in [-0.2, -0.15) is 5.10 Å². The molecule has 1 aliphatic rings. The number of carbonyl (C=O) groups excluding carboxylic acids is 2. The summed E-state index contributed by atoms with van der Waals surface area (Å²) < 4.78 is 22.0. The molecule has 12 heteroatoms.